The number of piperazine rings is 1. The standard InChI is InChI=1S/C22H23F2N5O3S/c23-16-5-3-14(2-1-7-27-33(31)32)21(24)20(16)22(30)15-4-6-17-18(12-15)28-19(13-26-17)29-10-8-25-9-11-29/h3-6,12-13,25,27H,1-2,7-11H2,(H,31,32). The molecule has 174 valence electrons. The van der Waals surface area contributed by atoms with Crippen LogP contribution in [-0.4, -0.2) is 57.2 Å². The fourth-order valence-electron chi connectivity index (χ4n) is 3.77. The molecular weight excluding hydrogens is 452 g/mol. The topological polar surface area (TPSA) is 107 Å². The molecule has 1 saturated heterocycles. The first kappa shape index (κ1) is 23.3. The molecule has 1 fully saturated rings. The van der Waals surface area contributed by atoms with Gasteiger partial charge in [0.15, 0.2) is 5.78 Å². The molecule has 0 saturated carbocycles. The second kappa shape index (κ2) is 10.4. The number of carbonyl (C=O) groups is 1. The zero-order chi connectivity index (χ0) is 23.4. The van der Waals surface area contributed by atoms with E-state index in [1.807, 2.05) is 0 Å². The second-order valence-corrected chi connectivity index (χ2v) is 8.43. The van der Waals surface area contributed by atoms with Crippen molar-refractivity contribution in [2.45, 2.75) is 12.8 Å². The fraction of sp³-hybridized carbons (Fsp3) is 0.318. The van der Waals surface area contributed by atoms with Gasteiger partial charge in [-0.3, -0.25) is 14.3 Å². The number of ketones is 1. The average molecular weight is 476 g/mol. The molecule has 0 amide bonds. The largest absolute Gasteiger partial charge is 0.353 e. The van der Waals surface area contributed by atoms with Crippen molar-refractivity contribution in [3.63, 3.8) is 0 Å². The SMILES string of the molecule is O=C(c1ccc2ncc(N3CCNCC3)nc2c1)c1c(F)ccc(CCCNS(=O)O)c1F. The molecule has 3 N–H and O–H groups in total. The van der Waals surface area contributed by atoms with Crippen LogP contribution < -0.4 is 14.9 Å². The predicted octanol–water partition coefficient (Wildman–Crippen LogP) is 2.21. The molecule has 1 aromatic heterocycles. The smallest absolute Gasteiger partial charge is 0.231 e. The Labute approximate surface area is 191 Å². The summed E-state index contributed by atoms with van der Waals surface area (Å²) >= 11 is -2.16. The Bertz CT molecular complexity index is 1200. The number of rotatable bonds is 8. The van der Waals surface area contributed by atoms with Crippen LogP contribution in [-0.2, 0) is 17.7 Å². The number of fused-ring (bicyclic) bond motifs is 1. The lowest BCUT2D eigenvalue weighted by Gasteiger charge is -2.28. The van der Waals surface area contributed by atoms with Gasteiger partial charge in [0.2, 0.25) is 11.3 Å². The maximum atomic E-state index is 15.0. The van der Waals surface area contributed by atoms with Crippen LogP contribution >= 0.6 is 0 Å². The van der Waals surface area contributed by atoms with Gasteiger partial charge in [0.1, 0.15) is 17.5 Å². The van der Waals surface area contributed by atoms with Crippen molar-refractivity contribution in [3.05, 3.63) is 64.9 Å². The second-order valence-electron chi connectivity index (χ2n) is 7.64. The summed E-state index contributed by atoms with van der Waals surface area (Å²) in [5.41, 5.74) is 0.691. The molecule has 0 spiro atoms. The molecule has 1 unspecified atom stereocenters. The zero-order valence-corrected chi connectivity index (χ0v) is 18.5. The summed E-state index contributed by atoms with van der Waals surface area (Å²) in [7, 11) is 0. The molecule has 0 bridgehead atoms. The van der Waals surface area contributed by atoms with Gasteiger partial charge in [-0.2, -0.15) is 0 Å². The summed E-state index contributed by atoms with van der Waals surface area (Å²) in [5.74, 6) is -1.97. The highest BCUT2D eigenvalue weighted by Crippen LogP contribution is 2.24. The molecule has 1 aliphatic heterocycles. The van der Waals surface area contributed by atoms with Crippen molar-refractivity contribution in [3.8, 4) is 0 Å². The average Bonchev–Trinajstić information content (AvgIpc) is 2.82. The van der Waals surface area contributed by atoms with Crippen molar-refractivity contribution in [2.75, 3.05) is 37.6 Å². The van der Waals surface area contributed by atoms with Gasteiger partial charge >= 0.3 is 0 Å². The van der Waals surface area contributed by atoms with E-state index >= 15 is 4.39 Å². The first-order chi connectivity index (χ1) is 15.9. The lowest BCUT2D eigenvalue weighted by molar-refractivity contribution is 0.103. The highest BCUT2D eigenvalue weighted by molar-refractivity contribution is 7.77. The number of anilines is 1. The molecule has 0 radical (unpaired) electrons. The summed E-state index contributed by atoms with van der Waals surface area (Å²) in [6.45, 7) is 3.40. The summed E-state index contributed by atoms with van der Waals surface area (Å²) in [6.07, 6.45) is 2.19. The minimum absolute atomic E-state index is 0.113. The van der Waals surface area contributed by atoms with E-state index in [0.29, 0.717) is 23.3 Å². The Hall–Kier alpha value is -2.86. The summed E-state index contributed by atoms with van der Waals surface area (Å²) in [5, 5.41) is 3.27. The van der Waals surface area contributed by atoms with Crippen molar-refractivity contribution in [1.29, 1.82) is 0 Å². The molecule has 3 aromatic rings. The van der Waals surface area contributed by atoms with Crippen molar-refractivity contribution in [1.82, 2.24) is 20.0 Å². The predicted molar refractivity (Wildman–Crippen MR) is 122 cm³/mol. The van der Waals surface area contributed by atoms with Gasteiger partial charge in [-0.1, -0.05) is 6.07 Å². The van der Waals surface area contributed by atoms with E-state index in [2.05, 4.69) is 24.9 Å². The molecule has 4 rings (SSSR count). The number of hydrogen-bond acceptors (Lipinski definition) is 6. The Morgan fingerprint density at radius 2 is 1.97 bits per heavy atom. The molecule has 2 aromatic carbocycles. The van der Waals surface area contributed by atoms with Gasteiger partial charge < -0.3 is 10.2 Å². The third-order valence-electron chi connectivity index (χ3n) is 5.48. The number of aryl methyl sites for hydroxylation is 1. The maximum absolute atomic E-state index is 15.0. The summed E-state index contributed by atoms with van der Waals surface area (Å²) in [4.78, 5) is 24.2. The molecule has 1 atom stereocenters. The van der Waals surface area contributed by atoms with Crippen LogP contribution in [0.25, 0.3) is 11.0 Å². The van der Waals surface area contributed by atoms with E-state index in [1.165, 1.54) is 18.2 Å². The fourth-order valence-corrected chi connectivity index (χ4v) is 4.09. The number of carbonyl (C=O) groups excluding carboxylic acids is 1. The van der Waals surface area contributed by atoms with Gasteiger partial charge in [-0.15, -0.1) is 0 Å². The zero-order valence-electron chi connectivity index (χ0n) is 17.7. The highest BCUT2D eigenvalue weighted by atomic mass is 32.2. The quantitative estimate of drug-likeness (QED) is 0.261. The normalized spacial score (nSPS) is 15.1. The van der Waals surface area contributed by atoms with E-state index in [0.717, 1.165) is 32.2 Å². The molecule has 8 nitrogen and oxygen atoms in total. The van der Waals surface area contributed by atoms with E-state index in [1.54, 1.807) is 12.3 Å². The monoisotopic (exact) mass is 475 g/mol. The number of nitrogens with zero attached hydrogens (tertiary/aromatic N) is 3. The summed E-state index contributed by atoms with van der Waals surface area (Å²) < 4.78 is 51.2. The van der Waals surface area contributed by atoms with E-state index < -0.39 is 34.2 Å². The first-order valence-electron chi connectivity index (χ1n) is 10.5. The Kier molecular flexibility index (Phi) is 7.33. The lowest BCUT2D eigenvalue weighted by atomic mass is 9.97. The Morgan fingerprint density at radius 1 is 1.18 bits per heavy atom. The third-order valence-corrected chi connectivity index (χ3v) is 5.93. The van der Waals surface area contributed by atoms with Gasteiger partial charge in [0.25, 0.3) is 0 Å². The van der Waals surface area contributed by atoms with Crippen LogP contribution in [0, 0.1) is 11.6 Å². The Morgan fingerprint density at radius 3 is 2.73 bits per heavy atom. The van der Waals surface area contributed by atoms with Crippen LogP contribution in [0.2, 0.25) is 0 Å². The lowest BCUT2D eigenvalue weighted by Crippen LogP contribution is -2.43. The molecule has 0 aliphatic carbocycles. The molecular formula is C22H23F2N5O3S. The van der Waals surface area contributed by atoms with E-state index in [-0.39, 0.29) is 24.1 Å². The van der Waals surface area contributed by atoms with Gasteiger partial charge in [-0.05, 0) is 42.7 Å². The Balaban J connectivity index is 1.60. The minimum atomic E-state index is -2.16. The maximum Gasteiger partial charge on any atom is 0.231 e. The molecule has 2 heterocycles. The van der Waals surface area contributed by atoms with Crippen molar-refractivity contribution < 1.29 is 22.3 Å². The van der Waals surface area contributed by atoms with Crippen LogP contribution in [0.15, 0.2) is 36.5 Å². The number of hydrogen-bond donors (Lipinski definition) is 3. The molecule has 1 aliphatic rings. The summed E-state index contributed by atoms with van der Waals surface area (Å²) in [6, 6.07) is 6.94. The van der Waals surface area contributed by atoms with Crippen LogP contribution in [0.4, 0.5) is 14.6 Å². The minimum Gasteiger partial charge on any atom is -0.353 e. The van der Waals surface area contributed by atoms with Crippen LogP contribution in [0.3, 0.4) is 0 Å². The highest BCUT2D eigenvalue weighted by Gasteiger charge is 2.22. The van der Waals surface area contributed by atoms with Crippen LogP contribution in [0.1, 0.15) is 27.9 Å². The van der Waals surface area contributed by atoms with Gasteiger partial charge in [0, 0.05) is 38.3 Å². The third kappa shape index (κ3) is 5.38. The van der Waals surface area contributed by atoms with Crippen molar-refractivity contribution in [2.24, 2.45) is 0 Å². The number of nitrogens with one attached hydrogen (secondary N) is 2. The number of halogens is 2. The van der Waals surface area contributed by atoms with E-state index in [4.69, 9.17) is 4.55 Å². The molecule has 33 heavy (non-hydrogen) atoms. The van der Waals surface area contributed by atoms with Gasteiger partial charge in [-0.25, -0.2) is 22.7 Å². The first-order valence-corrected chi connectivity index (χ1v) is 11.6. The van der Waals surface area contributed by atoms with Crippen molar-refractivity contribution >= 4 is 33.9 Å². The molecule has 11 heteroatoms. The van der Waals surface area contributed by atoms with E-state index in [9.17, 15) is 13.4 Å². The van der Waals surface area contributed by atoms with Gasteiger partial charge in [0.05, 0.1) is 22.8 Å². The number of benzene rings is 2. The van der Waals surface area contributed by atoms with Crippen LogP contribution in [0.5, 0.6) is 0 Å². The number of aromatic nitrogens is 2.